The van der Waals surface area contributed by atoms with Gasteiger partial charge in [-0.1, -0.05) is 33.6 Å². The molecule has 2 aromatic carbocycles. The Morgan fingerprint density at radius 2 is 2.06 bits per heavy atom. The maximum atomic E-state index is 9.08. The van der Waals surface area contributed by atoms with E-state index in [9.17, 15) is 0 Å². The van der Waals surface area contributed by atoms with Gasteiger partial charge in [0.25, 0.3) is 0 Å². The van der Waals surface area contributed by atoms with E-state index in [4.69, 9.17) is 22.6 Å². The Hall–Kier alpha value is -1.70. The van der Waals surface area contributed by atoms with Crippen molar-refractivity contribution in [3.8, 4) is 6.07 Å². The van der Waals surface area contributed by atoms with Gasteiger partial charge in [-0.15, -0.1) is 0 Å². The van der Waals surface area contributed by atoms with Crippen LogP contribution in [-0.4, -0.2) is 0 Å². The number of benzene rings is 2. The van der Waals surface area contributed by atoms with Crippen LogP contribution in [0.3, 0.4) is 0 Å². The summed E-state index contributed by atoms with van der Waals surface area (Å²) in [4.78, 5) is 0. The first kappa shape index (κ1) is 12.7. The number of hydrogen-bond donors (Lipinski definition) is 2. The van der Waals surface area contributed by atoms with Gasteiger partial charge in [-0.2, -0.15) is 5.26 Å². The van der Waals surface area contributed by atoms with E-state index in [2.05, 4.69) is 27.3 Å². The molecular formula is C13H9BrClN3. The van der Waals surface area contributed by atoms with Crippen LogP contribution in [0.5, 0.6) is 0 Å². The molecule has 0 saturated carbocycles. The molecule has 0 aliphatic carbocycles. The van der Waals surface area contributed by atoms with E-state index in [-0.39, 0.29) is 0 Å². The second kappa shape index (κ2) is 5.30. The van der Waals surface area contributed by atoms with Gasteiger partial charge in [-0.25, -0.2) is 0 Å². The molecule has 0 spiro atoms. The molecule has 0 bridgehead atoms. The number of rotatable bonds is 2. The molecule has 90 valence electrons. The number of nitrogen functional groups attached to an aromatic ring is 1. The summed E-state index contributed by atoms with van der Waals surface area (Å²) in [6.45, 7) is 0. The van der Waals surface area contributed by atoms with Gasteiger partial charge in [0.15, 0.2) is 0 Å². The number of nitrogens with zero attached hydrogens (tertiary/aromatic N) is 1. The minimum absolute atomic E-state index is 0.516. The minimum Gasteiger partial charge on any atom is -0.397 e. The fraction of sp³-hybridized carbons (Fsp3) is 0. The molecule has 0 fully saturated rings. The van der Waals surface area contributed by atoms with Crippen LogP contribution in [0.15, 0.2) is 40.9 Å². The molecule has 0 atom stereocenters. The van der Waals surface area contributed by atoms with Crippen LogP contribution in [0.1, 0.15) is 5.56 Å². The summed E-state index contributed by atoms with van der Waals surface area (Å²) in [5.41, 5.74) is 8.18. The fourth-order valence-corrected chi connectivity index (χ4v) is 2.12. The molecule has 0 aliphatic rings. The van der Waals surface area contributed by atoms with E-state index in [0.29, 0.717) is 27.6 Å². The zero-order chi connectivity index (χ0) is 13.1. The van der Waals surface area contributed by atoms with E-state index in [0.717, 1.165) is 4.47 Å². The molecule has 0 amide bonds. The predicted molar refractivity (Wildman–Crippen MR) is 78.0 cm³/mol. The molecule has 3 nitrogen and oxygen atoms in total. The molecule has 0 unspecified atom stereocenters. The van der Waals surface area contributed by atoms with Gasteiger partial charge in [-0.3, -0.25) is 0 Å². The number of halogens is 2. The van der Waals surface area contributed by atoms with Crippen molar-refractivity contribution >= 4 is 44.6 Å². The quantitative estimate of drug-likeness (QED) is 0.810. The van der Waals surface area contributed by atoms with Crippen molar-refractivity contribution < 1.29 is 0 Å². The standard InChI is InChI=1S/C13H9BrClN3/c14-9-4-5-12(8(6-9)7-16)18-13-10(15)2-1-3-11(13)17/h1-6,18H,17H2. The second-order valence-corrected chi connectivity index (χ2v) is 4.95. The molecule has 3 N–H and O–H groups in total. The molecule has 2 aromatic rings. The highest BCUT2D eigenvalue weighted by molar-refractivity contribution is 9.10. The molecule has 0 radical (unpaired) electrons. The first-order valence-corrected chi connectivity index (χ1v) is 6.29. The van der Waals surface area contributed by atoms with Crippen LogP contribution >= 0.6 is 27.5 Å². The summed E-state index contributed by atoms with van der Waals surface area (Å²) in [7, 11) is 0. The predicted octanol–water partition coefficient (Wildman–Crippen LogP) is 4.30. The van der Waals surface area contributed by atoms with Gasteiger partial charge in [0.05, 0.1) is 27.6 Å². The van der Waals surface area contributed by atoms with Gasteiger partial charge in [-0.05, 0) is 30.3 Å². The van der Waals surface area contributed by atoms with E-state index in [1.165, 1.54) is 0 Å². The number of nitriles is 1. The summed E-state index contributed by atoms with van der Waals surface area (Å²) < 4.78 is 0.844. The lowest BCUT2D eigenvalue weighted by molar-refractivity contribution is 1.45. The fourth-order valence-electron chi connectivity index (χ4n) is 1.53. The van der Waals surface area contributed by atoms with Crippen molar-refractivity contribution in [2.24, 2.45) is 0 Å². The number of anilines is 3. The molecule has 2 rings (SSSR count). The molecule has 0 heterocycles. The number of nitrogens with one attached hydrogen (secondary N) is 1. The van der Waals surface area contributed by atoms with Crippen LogP contribution in [0, 0.1) is 11.3 Å². The van der Waals surface area contributed by atoms with Crippen molar-refractivity contribution in [1.29, 1.82) is 5.26 Å². The lowest BCUT2D eigenvalue weighted by atomic mass is 10.2. The van der Waals surface area contributed by atoms with Crippen LogP contribution in [0.25, 0.3) is 0 Å². The average Bonchev–Trinajstić information content (AvgIpc) is 2.35. The topological polar surface area (TPSA) is 61.8 Å². The lowest BCUT2D eigenvalue weighted by Gasteiger charge is -2.12. The van der Waals surface area contributed by atoms with Crippen LogP contribution < -0.4 is 11.1 Å². The molecular weight excluding hydrogens is 314 g/mol. The van der Waals surface area contributed by atoms with E-state index < -0.39 is 0 Å². The Kier molecular flexibility index (Phi) is 3.75. The summed E-state index contributed by atoms with van der Waals surface area (Å²) in [5.74, 6) is 0. The number of hydrogen-bond acceptors (Lipinski definition) is 3. The number of nitrogens with two attached hydrogens (primary N) is 1. The van der Waals surface area contributed by atoms with Crippen molar-refractivity contribution in [3.05, 3.63) is 51.5 Å². The van der Waals surface area contributed by atoms with Crippen LogP contribution in [0.4, 0.5) is 17.1 Å². The lowest BCUT2D eigenvalue weighted by Crippen LogP contribution is -1.98. The zero-order valence-electron chi connectivity index (χ0n) is 9.24. The highest BCUT2D eigenvalue weighted by Gasteiger charge is 2.08. The summed E-state index contributed by atoms with van der Waals surface area (Å²) in [5, 5.41) is 12.7. The van der Waals surface area contributed by atoms with Crippen molar-refractivity contribution in [2.45, 2.75) is 0 Å². The Morgan fingerprint density at radius 1 is 1.28 bits per heavy atom. The molecule has 5 heteroatoms. The van der Waals surface area contributed by atoms with Crippen molar-refractivity contribution in [3.63, 3.8) is 0 Å². The van der Waals surface area contributed by atoms with Crippen LogP contribution in [0.2, 0.25) is 5.02 Å². The third-order valence-corrected chi connectivity index (χ3v) is 3.22. The van der Waals surface area contributed by atoms with Gasteiger partial charge < -0.3 is 11.1 Å². The van der Waals surface area contributed by atoms with Gasteiger partial charge in [0, 0.05) is 4.47 Å². The normalized spacial score (nSPS) is 9.83. The molecule has 0 aromatic heterocycles. The van der Waals surface area contributed by atoms with E-state index in [1.807, 2.05) is 6.07 Å². The molecule has 0 aliphatic heterocycles. The van der Waals surface area contributed by atoms with Gasteiger partial charge >= 0.3 is 0 Å². The Morgan fingerprint density at radius 3 is 2.72 bits per heavy atom. The van der Waals surface area contributed by atoms with Gasteiger partial charge in [0.1, 0.15) is 6.07 Å². The van der Waals surface area contributed by atoms with E-state index >= 15 is 0 Å². The first-order chi connectivity index (χ1) is 8.61. The highest BCUT2D eigenvalue weighted by Crippen LogP contribution is 2.32. The first-order valence-electron chi connectivity index (χ1n) is 5.12. The highest BCUT2D eigenvalue weighted by atomic mass is 79.9. The SMILES string of the molecule is N#Cc1cc(Br)ccc1Nc1c(N)cccc1Cl. The van der Waals surface area contributed by atoms with Crippen molar-refractivity contribution in [2.75, 3.05) is 11.1 Å². The molecule has 0 saturated heterocycles. The average molecular weight is 323 g/mol. The minimum atomic E-state index is 0.516. The maximum absolute atomic E-state index is 9.08. The smallest absolute Gasteiger partial charge is 0.101 e. The Balaban J connectivity index is 2.44. The summed E-state index contributed by atoms with van der Waals surface area (Å²) >= 11 is 9.39. The van der Waals surface area contributed by atoms with Crippen LogP contribution in [-0.2, 0) is 0 Å². The third-order valence-electron chi connectivity index (χ3n) is 2.41. The number of para-hydroxylation sites is 1. The summed E-state index contributed by atoms with van der Waals surface area (Å²) in [6.07, 6.45) is 0. The zero-order valence-corrected chi connectivity index (χ0v) is 11.6. The Labute approximate surface area is 118 Å². The Bertz CT molecular complexity index is 614. The second-order valence-electron chi connectivity index (χ2n) is 3.63. The summed E-state index contributed by atoms with van der Waals surface area (Å²) in [6, 6.07) is 12.8. The molecule has 18 heavy (non-hydrogen) atoms. The van der Waals surface area contributed by atoms with Gasteiger partial charge in [0.2, 0.25) is 0 Å². The maximum Gasteiger partial charge on any atom is 0.101 e. The largest absolute Gasteiger partial charge is 0.397 e. The monoisotopic (exact) mass is 321 g/mol. The third kappa shape index (κ3) is 2.58. The van der Waals surface area contributed by atoms with E-state index in [1.54, 1.807) is 30.3 Å². The van der Waals surface area contributed by atoms with Crippen molar-refractivity contribution in [1.82, 2.24) is 0 Å².